The van der Waals surface area contributed by atoms with Crippen molar-refractivity contribution < 1.29 is 24.2 Å². The normalized spacial score (nSPS) is 11.2. The Morgan fingerprint density at radius 1 is 1.17 bits per heavy atom. The standard InChI is InChI=1S/C21H20BrN3O5/c1-12-8-14(22)9-13(2)20(12)30-11-17(26)23-24-19-15-6-4-5-7-16(15)25(21(19)28)10-18(27)29-3/h4-9,28H,10-11H2,1-3H3. The molecule has 0 atom stereocenters. The number of aromatic nitrogens is 1. The van der Waals surface area contributed by atoms with Gasteiger partial charge in [0, 0.05) is 9.86 Å². The first-order valence-electron chi connectivity index (χ1n) is 9.03. The van der Waals surface area contributed by atoms with Crippen LogP contribution in [-0.4, -0.2) is 35.3 Å². The summed E-state index contributed by atoms with van der Waals surface area (Å²) in [5, 5.41) is 18.7. The highest BCUT2D eigenvalue weighted by Crippen LogP contribution is 2.38. The molecular weight excluding hydrogens is 454 g/mol. The van der Waals surface area contributed by atoms with Crippen LogP contribution < -0.4 is 4.74 Å². The average molecular weight is 474 g/mol. The lowest BCUT2D eigenvalue weighted by Gasteiger charge is -2.10. The second kappa shape index (κ2) is 9.08. The van der Waals surface area contributed by atoms with Crippen molar-refractivity contribution in [2.45, 2.75) is 20.4 Å². The number of methoxy groups -OCH3 is 1. The van der Waals surface area contributed by atoms with E-state index in [0.29, 0.717) is 16.7 Å². The van der Waals surface area contributed by atoms with Crippen LogP contribution in [-0.2, 0) is 20.9 Å². The second-order valence-corrected chi connectivity index (χ2v) is 7.52. The summed E-state index contributed by atoms with van der Waals surface area (Å²) >= 11 is 3.42. The summed E-state index contributed by atoms with van der Waals surface area (Å²) in [7, 11) is 1.26. The maximum Gasteiger partial charge on any atom is 0.325 e. The molecule has 0 fully saturated rings. The molecule has 0 saturated heterocycles. The number of carbonyl (C=O) groups is 2. The van der Waals surface area contributed by atoms with E-state index in [-0.39, 0.29) is 24.7 Å². The molecule has 0 spiro atoms. The molecule has 1 N–H and O–H groups in total. The fourth-order valence-corrected chi connectivity index (χ4v) is 3.80. The molecule has 0 aliphatic carbocycles. The molecule has 1 aromatic heterocycles. The van der Waals surface area contributed by atoms with E-state index < -0.39 is 11.9 Å². The highest BCUT2D eigenvalue weighted by atomic mass is 79.9. The van der Waals surface area contributed by atoms with Gasteiger partial charge in [0.15, 0.2) is 12.3 Å². The minimum Gasteiger partial charge on any atom is -0.493 e. The predicted molar refractivity (Wildman–Crippen MR) is 114 cm³/mol. The van der Waals surface area contributed by atoms with Gasteiger partial charge in [0.25, 0.3) is 0 Å². The van der Waals surface area contributed by atoms with Crippen molar-refractivity contribution in [1.82, 2.24) is 4.57 Å². The first kappa shape index (κ1) is 21.5. The Kier molecular flexibility index (Phi) is 6.51. The Morgan fingerprint density at radius 2 is 1.83 bits per heavy atom. The monoisotopic (exact) mass is 473 g/mol. The maximum atomic E-state index is 12.2. The van der Waals surface area contributed by atoms with Crippen molar-refractivity contribution in [3.05, 3.63) is 52.0 Å². The van der Waals surface area contributed by atoms with Crippen LogP contribution in [0.4, 0.5) is 5.69 Å². The lowest BCUT2D eigenvalue weighted by molar-refractivity contribution is -0.141. The van der Waals surface area contributed by atoms with E-state index in [0.717, 1.165) is 15.6 Å². The Hall–Kier alpha value is -3.20. The van der Waals surface area contributed by atoms with Crippen molar-refractivity contribution in [2.24, 2.45) is 10.2 Å². The molecule has 1 heterocycles. The third kappa shape index (κ3) is 4.51. The molecule has 9 heteroatoms. The number of amides is 1. The van der Waals surface area contributed by atoms with Gasteiger partial charge in [0.05, 0.1) is 12.6 Å². The number of carbonyl (C=O) groups excluding carboxylic acids is 2. The Balaban J connectivity index is 1.81. The lowest BCUT2D eigenvalue weighted by Crippen LogP contribution is -2.10. The van der Waals surface area contributed by atoms with Crippen molar-refractivity contribution in [1.29, 1.82) is 0 Å². The van der Waals surface area contributed by atoms with Crippen LogP contribution in [0.3, 0.4) is 0 Å². The molecule has 3 rings (SSSR count). The zero-order valence-corrected chi connectivity index (χ0v) is 18.3. The molecule has 0 unspecified atom stereocenters. The van der Waals surface area contributed by atoms with E-state index in [1.54, 1.807) is 24.3 Å². The third-order valence-corrected chi connectivity index (χ3v) is 4.92. The Morgan fingerprint density at radius 3 is 2.50 bits per heavy atom. The van der Waals surface area contributed by atoms with Gasteiger partial charge >= 0.3 is 11.9 Å². The SMILES string of the molecule is COC(=O)Cn1c(O)c(N=NC(=O)COc2c(C)cc(Br)cc2C)c2ccccc21. The molecule has 1 amide bonds. The number of azo groups is 1. The van der Waals surface area contributed by atoms with E-state index in [9.17, 15) is 14.7 Å². The molecule has 3 aromatic rings. The minimum atomic E-state index is -0.610. The van der Waals surface area contributed by atoms with Crippen LogP contribution in [0.15, 0.2) is 51.1 Å². The second-order valence-electron chi connectivity index (χ2n) is 6.60. The highest BCUT2D eigenvalue weighted by Gasteiger charge is 2.19. The molecule has 0 radical (unpaired) electrons. The van der Waals surface area contributed by atoms with Gasteiger partial charge in [0.2, 0.25) is 5.88 Å². The number of ether oxygens (including phenoxy) is 2. The van der Waals surface area contributed by atoms with Crippen molar-refractivity contribution in [2.75, 3.05) is 13.7 Å². The lowest BCUT2D eigenvalue weighted by atomic mass is 10.1. The number of esters is 1. The van der Waals surface area contributed by atoms with Gasteiger partial charge in [0.1, 0.15) is 12.3 Å². The fraction of sp³-hybridized carbons (Fsp3) is 0.238. The van der Waals surface area contributed by atoms with Gasteiger partial charge < -0.3 is 14.6 Å². The van der Waals surface area contributed by atoms with Gasteiger partial charge in [-0.05, 0) is 43.2 Å². The van der Waals surface area contributed by atoms with Crippen LogP contribution >= 0.6 is 15.9 Å². The first-order valence-corrected chi connectivity index (χ1v) is 9.82. The van der Waals surface area contributed by atoms with Crippen LogP contribution in [0.2, 0.25) is 0 Å². The predicted octanol–water partition coefficient (Wildman–Crippen LogP) is 4.59. The molecule has 0 saturated carbocycles. The fourth-order valence-electron chi connectivity index (χ4n) is 3.12. The number of halogens is 1. The van der Waals surface area contributed by atoms with E-state index in [1.165, 1.54) is 11.7 Å². The van der Waals surface area contributed by atoms with Crippen molar-refractivity contribution in [3.63, 3.8) is 0 Å². The van der Waals surface area contributed by atoms with E-state index in [2.05, 4.69) is 30.9 Å². The van der Waals surface area contributed by atoms with E-state index in [1.807, 2.05) is 26.0 Å². The topological polar surface area (TPSA) is 102 Å². The molecule has 156 valence electrons. The summed E-state index contributed by atoms with van der Waals surface area (Å²) < 4.78 is 12.6. The van der Waals surface area contributed by atoms with Crippen LogP contribution in [0, 0.1) is 13.8 Å². The highest BCUT2D eigenvalue weighted by molar-refractivity contribution is 9.10. The number of nitrogens with zero attached hydrogens (tertiary/aromatic N) is 3. The number of fused-ring (bicyclic) bond motifs is 1. The molecule has 30 heavy (non-hydrogen) atoms. The van der Waals surface area contributed by atoms with E-state index in [4.69, 9.17) is 4.74 Å². The Bertz CT molecular complexity index is 1130. The number of benzene rings is 2. The number of rotatable bonds is 6. The van der Waals surface area contributed by atoms with E-state index >= 15 is 0 Å². The number of hydrogen-bond acceptors (Lipinski definition) is 6. The number of para-hydroxylation sites is 1. The largest absolute Gasteiger partial charge is 0.493 e. The van der Waals surface area contributed by atoms with Gasteiger partial charge in [-0.1, -0.05) is 34.1 Å². The molecule has 0 bridgehead atoms. The Labute approximate surface area is 181 Å². The average Bonchev–Trinajstić information content (AvgIpc) is 2.96. The molecule has 0 aliphatic heterocycles. The summed E-state index contributed by atoms with van der Waals surface area (Å²) in [5.41, 5.74) is 2.43. The van der Waals surface area contributed by atoms with Crippen molar-refractivity contribution in [3.8, 4) is 11.6 Å². The quantitative estimate of drug-likeness (QED) is 0.416. The van der Waals surface area contributed by atoms with Gasteiger partial charge in [-0.25, -0.2) is 0 Å². The minimum absolute atomic E-state index is 0.0962. The zero-order valence-electron chi connectivity index (χ0n) is 16.7. The molecule has 2 aromatic carbocycles. The molecule has 8 nitrogen and oxygen atoms in total. The third-order valence-electron chi connectivity index (χ3n) is 4.46. The summed E-state index contributed by atoms with van der Waals surface area (Å²) in [6.07, 6.45) is 0. The maximum absolute atomic E-state index is 12.2. The number of aromatic hydroxyl groups is 1. The summed E-state index contributed by atoms with van der Waals surface area (Å²) in [6.45, 7) is 3.27. The molecule has 0 aliphatic rings. The van der Waals surface area contributed by atoms with Gasteiger partial charge in [-0.3, -0.25) is 14.2 Å². The number of hydrogen-bond donors (Lipinski definition) is 1. The number of aryl methyl sites for hydroxylation is 2. The summed E-state index contributed by atoms with van der Waals surface area (Å²) in [4.78, 5) is 23.9. The zero-order chi connectivity index (χ0) is 21.8. The van der Waals surface area contributed by atoms with Crippen molar-refractivity contribution >= 4 is 44.4 Å². The van der Waals surface area contributed by atoms with Crippen LogP contribution in [0.1, 0.15) is 11.1 Å². The smallest absolute Gasteiger partial charge is 0.325 e. The van der Waals surface area contributed by atoms with Crippen LogP contribution in [0.25, 0.3) is 10.9 Å². The van der Waals surface area contributed by atoms with Crippen LogP contribution in [0.5, 0.6) is 11.6 Å². The molecular formula is C21H20BrN3O5. The van der Waals surface area contributed by atoms with Gasteiger partial charge in [-0.15, -0.1) is 10.2 Å². The summed E-state index contributed by atoms with van der Waals surface area (Å²) in [5.74, 6) is -0.807. The van der Waals surface area contributed by atoms with Gasteiger partial charge in [-0.2, -0.15) is 0 Å². The summed E-state index contributed by atoms with van der Waals surface area (Å²) in [6, 6.07) is 10.7. The first-order chi connectivity index (χ1) is 14.3.